The predicted molar refractivity (Wildman–Crippen MR) is 77.1 cm³/mol. The van der Waals surface area contributed by atoms with Crippen LogP contribution in [0.3, 0.4) is 0 Å². The lowest BCUT2D eigenvalue weighted by Gasteiger charge is -2.17. The Bertz CT molecular complexity index is 424. The Morgan fingerprint density at radius 1 is 1.37 bits per heavy atom. The van der Waals surface area contributed by atoms with Gasteiger partial charge in [0.15, 0.2) is 0 Å². The topological polar surface area (TPSA) is 71.2 Å². The van der Waals surface area contributed by atoms with Crippen LogP contribution in [-0.2, 0) is 4.79 Å². The Kier molecular flexibility index (Phi) is 4.37. The fourth-order valence-electron chi connectivity index (χ4n) is 2.12. The lowest BCUT2D eigenvalue weighted by atomic mass is 10.1. The molecule has 0 unspecified atom stereocenters. The molecule has 1 amide bonds. The van der Waals surface area contributed by atoms with Gasteiger partial charge >= 0.3 is 0 Å². The van der Waals surface area contributed by atoms with Crippen molar-refractivity contribution in [1.29, 1.82) is 0 Å². The number of amides is 1. The summed E-state index contributed by atoms with van der Waals surface area (Å²) in [5, 5.41) is 2.80. The summed E-state index contributed by atoms with van der Waals surface area (Å²) in [4.78, 5) is 18.5. The van der Waals surface area contributed by atoms with Gasteiger partial charge in [-0.2, -0.15) is 0 Å². The van der Waals surface area contributed by atoms with Crippen molar-refractivity contribution < 1.29 is 4.79 Å². The summed E-state index contributed by atoms with van der Waals surface area (Å²) < 4.78 is 0. The monoisotopic (exact) mass is 262 g/mol. The van der Waals surface area contributed by atoms with E-state index in [2.05, 4.69) is 15.2 Å². The molecular formula is C14H22N4O. The zero-order chi connectivity index (χ0) is 13.8. The van der Waals surface area contributed by atoms with Crippen LogP contribution in [0.2, 0.25) is 0 Å². The van der Waals surface area contributed by atoms with E-state index >= 15 is 0 Å². The largest absolute Gasteiger partial charge is 0.357 e. The molecule has 104 valence electrons. The number of nitrogens with zero attached hydrogens (tertiary/aromatic N) is 2. The van der Waals surface area contributed by atoms with Gasteiger partial charge < -0.3 is 16.0 Å². The van der Waals surface area contributed by atoms with Crippen LogP contribution >= 0.6 is 0 Å². The van der Waals surface area contributed by atoms with Crippen molar-refractivity contribution >= 4 is 17.4 Å². The van der Waals surface area contributed by atoms with E-state index in [9.17, 15) is 4.79 Å². The first-order valence-corrected chi connectivity index (χ1v) is 6.85. The molecule has 2 heterocycles. The van der Waals surface area contributed by atoms with Gasteiger partial charge in [0.25, 0.3) is 0 Å². The van der Waals surface area contributed by atoms with E-state index in [0.29, 0.717) is 5.69 Å². The highest BCUT2D eigenvalue weighted by Crippen LogP contribution is 2.19. The number of pyridine rings is 1. The quantitative estimate of drug-likeness (QED) is 0.864. The summed E-state index contributed by atoms with van der Waals surface area (Å²) in [6.07, 6.45) is 4.14. The number of rotatable bonds is 4. The van der Waals surface area contributed by atoms with Crippen LogP contribution < -0.4 is 16.0 Å². The van der Waals surface area contributed by atoms with Crippen LogP contribution in [0.4, 0.5) is 11.5 Å². The third-order valence-electron chi connectivity index (χ3n) is 3.47. The Morgan fingerprint density at radius 2 is 2.05 bits per heavy atom. The molecule has 19 heavy (non-hydrogen) atoms. The first-order valence-electron chi connectivity index (χ1n) is 6.85. The summed E-state index contributed by atoms with van der Waals surface area (Å²) in [6.45, 7) is 5.99. The maximum atomic E-state index is 11.8. The van der Waals surface area contributed by atoms with E-state index in [4.69, 9.17) is 5.73 Å². The molecule has 0 bridgehead atoms. The highest BCUT2D eigenvalue weighted by Gasteiger charge is 2.18. The molecular weight excluding hydrogens is 240 g/mol. The molecule has 1 fully saturated rings. The molecule has 5 heteroatoms. The average Bonchev–Trinajstić information content (AvgIpc) is 2.92. The molecule has 1 aromatic rings. The van der Waals surface area contributed by atoms with Crippen molar-refractivity contribution in [3.8, 4) is 0 Å². The molecule has 3 N–H and O–H groups in total. The third-order valence-corrected chi connectivity index (χ3v) is 3.47. The number of anilines is 2. The predicted octanol–water partition coefficient (Wildman–Crippen LogP) is 1.60. The minimum atomic E-state index is -0.488. The molecule has 1 saturated heterocycles. The maximum absolute atomic E-state index is 11.8. The van der Waals surface area contributed by atoms with Gasteiger partial charge in [0.1, 0.15) is 5.82 Å². The number of nitrogens with one attached hydrogen (secondary N) is 1. The standard InChI is InChI=1S/C14H22N4O/c1-10(2)13(15)14(19)17-11-5-6-12(16-9-11)18-7-3-4-8-18/h5-6,9-10,13H,3-4,7-8,15H2,1-2H3,(H,17,19)/t13-/m1/s1. The van der Waals surface area contributed by atoms with Crippen molar-refractivity contribution in [3.05, 3.63) is 18.3 Å². The fourth-order valence-corrected chi connectivity index (χ4v) is 2.12. The van der Waals surface area contributed by atoms with E-state index in [1.54, 1.807) is 6.20 Å². The molecule has 0 aliphatic carbocycles. The van der Waals surface area contributed by atoms with Crippen LogP contribution in [0, 0.1) is 5.92 Å². The van der Waals surface area contributed by atoms with Gasteiger partial charge in [-0.1, -0.05) is 13.8 Å². The smallest absolute Gasteiger partial charge is 0.241 e. The van der Waals surface area contributed by atoms with Gasteiger partial charge in [0.2, 0.25) is 5.91 Å². The van der Waals surface area contributed by atoms with Gasteiger partial charge in [-0.3, -0.25) is 4.79 Å². The highest BCUT2D eigenvalue weighted by atomic mass is 16.2. The van der Waals surface area contributed by atoms with Crippen molar-refractivity contribution in [3.63, 3.8) is 0 Å². The van der Waals surface area contributed by atoms with Crippen LogP contribution in [0.5, 0.6) is 0 Å². The minimum absolute atomic E-state index is 0.122. The zero-order valence-electron chi connectivity index (χ0n) is 11.6. The van der Waals surface area contributed by atoms with E-state index < -0.39 is 6.04 Å². The summed E-state index contributed by atoms with van der Waals surface area (Å²) in [5.41, 5.74) is 6.49. The third kappa shape index (κ3) is 3.44. The summed E-state index contributed by atoms with van der Waals surface area (Å²) in [6, 6.07) is 3.34. The Labute approximate surface area is 114 Å². The summed E-state index contributed by atoms with van der Waals surface area (Å²) in [7, 11) is 0. The molecule has 1 aromatic heterocycles. The van der Waals surface area contributed by atoms with E-state index in [0.717, 1.165) is 18.9 Å². The summed E-state index contributed by atoms with van der Waals surface area (Å²) >= 11 is 0. The van der Waals surface area contributed by atoms with Gasteiger partial charge in [-0.25, -0.2) is 4.98 Å². The van der Waals surface area contributed by atoms with Crippen LogP contribution in [-0.4, -0.2) is 30.0 Å². The van der Waals surface area contributed by atoms with Crippen molar-refractivity contribution in [2.45, 2.75) is 32.7 Å². The van der Waals surface area contributed by atoms with Crippen molar-refractivity contribution in [1.82, 2.24) is 4.98 Å². The lowest BCUT2D eigenvalue weighted by molar-refractivity contribution is -0.118. The Morgan fingerprint density at radius 3 is 2.58 bits per heavy atom. The Hall–Kier alpha value is -1.62. The zero-order valence-corrected chi connectivity index (χ0v) is 11.6. The van der Waals surface area contributed by atoms with E-state index in [1.807, 2.05) is 26.0 Å². The second-order valence-electron chi connectivity index (χ2n) is 5.36. The van der Waals surface area contributed by atoms with E-state index in [1.165, 1.54) is 12.8 Å². The Balaban J connectivity index is 1.96. The normalized spacial score (nSPS) is 16.7. The van der Waals surface area contributed by atoms with Crippen molar-refractivity contribution in [2.75, 3.05) is 23.3 Å². The number of carbonyl (C=O) groups excluding carboxylic acids is 1. The maximum Gasteiger partial charge on any atom is 0.241 e. The SMILES string of the molecule is CC(C)[C@@H](N)C(=O)Nc1ccc(N2CCCC2)nc1. The van der Waals surface area contributed by atoms with E-state index in [-0.39, 0.29) is 11.8 Å². The number of hydrogen-bond acceptors (Lipinski definition) is 4. The van der Waals surface area contributed by atoms with Crippen LogP contribution in [0.25, 0.3) is 0 Å². The molecule has 1 aliphatic heterocycles. The van der Waals surface area contributed by atoms with Gasteiger partial charge in [0, 0.05) is 13.1 Å². The molecule has 0 radical (unpaired) electrons. The first-order chi connectivity index (χ1) is 9.08. The number of carbonyl (C=O) groups is 1. The van der Waals surface area contributed by atoms with Gasteiger partial charge in [-0.15, -0.1) is 0 Å². The minimum Gasteiger partial charge on any atom is -0.357 e. The summed E-state index contributed by atoms with van der Waals surface area (Å²) in [5.74, 6) is 0.936. The molecule has 0 aromatic carbocycles. The first kappa shape index (κ1) is 13.8. The van der Waals surface area contributed by atoms with Gasteiger partial charge in [0.05, 0.1) is 17.9 Å². The second kappa shape index (κ2) is 6.02. The van der Waals surface area contributed by atoms with Gasteiger partial charge in [-0.05, 0) is 30.9 Å². The molecule has 1 aliphatic rings. The molecule has 0 saturated carbocycles. The van der Waals surface area contributed by atoms with Crippen LogP contribution in [0.1, 0.15) is 26.7 Å². The number of nitrogens with two attached hydrogens (primary N) is 1. The fraction of sp³-hybridized carbons (Fsp3) is 0.571. The van der Waals surface area contributed by atoms with Crippen LogP contribution in [0.15, 0.2) is 18.3 Å². The number of hydrogen-bond donors (Lipinski definition) is 2. The highest BCUT2D eigenvalue weighted by molar-refractivity contribution is 5.94. The van der Waals surface area contributed by atoms with Crippen molar-refractivity contribution in [2.24, 2.45) is 11.7 Å². The average molecular weight is 262 g/mol. The molecule has 5 nitrogen and oxygen atoms in total. The molecule has 2 rings (SSSR count). The number of aromatic nitrogens is 1. The molecule has 1 atom stereocenters. The lowest BCUT2D eigenvalue weighted by Crippen LogP contribution is -2.39. The molecule has 0 spiro atoms. The second-order valence-corrected chi connectivity index (χ2v) is 5.36.